The van der Waals surface area contributed by atoms with Crippen LogP contribution in [0, 0.1) is 5.92 Å². The zero-order valence-corrected chi connectivity index (χ0v) is 13.5. The van der Waals surface area contributed by atoms with Gasteiger partial charge in [-0.2, -0.15) is 0 Å². The van der Waals surface area contributed by atoms with Crippen LogP contribution >= 0.6 is 11.3 Å². The maximum atomic E-state index is 12.7. The Bertz CT molecular complexity index is 513. The van der Waals surface area contributed by atoms with E-state index in [0.29, 0.717) is 19.7 Å². The van der Waals surface area contributed by atoms with Crippen molar-refractivity contribution in [2.45, 2.75) is 39.8 Å². The zero-order chi connectivity index (χ0) is 15.4. The molecule has 0 fully saturated rings. The van der Waals surface area contributed by atoms with Crippen LogP contribution < -0.4 is 5.32 Å². The SMILES string of the molecule is CCOC(=O)NC(C(=O)N1CCc2sccc2C1)C(C)C. The first kappa shape index (κ1) is 15.8. The summed E-state index contributed by atoms with van der Waals surface area (Å²) >= 11 is 1.74. The Morgan fingerprint density at radius 3 is 2.90 bits per heavy atom. The summed E-state index contributed by atoms with van der Waals surface area (Å²) in [6.07, 6.45) is 0.362. The van der Waals surface area contributed by atoms with Crippen LogP contribution in [0.3, 0.4) is 0 Å². The summed E-state index contributed by atoms with van der Waals surface area (Å²) in [5.74, 6) is -0.0133. The van der Waals surface area contributed by atoms with Crippen LogP contribution in [0.2, 0.25) is 0 Å². The molecule has 2 rings (SSSR count). The molecule has 1 aromatic heterocycles. The lowest BCUT2D eigenvalue weighted by Gasteiger charge is -2.32. The smallest absolute Gasteiger partial charge is 0.407 e. The van der Waals surface area contributed by atoms with Crippen LogP contribution in [0.25, 0.3) is 0 Å². The highest BCUT2D eigenvalue weighted by Crippen LogP contribution is 2.24. The summed E-state index contributed by atoms with van der Waals surface area (Å²) in [6.45, 7) is 7.23. The summed E-state index contributed by atoms with van der Waals surface area (Å²) in [5.41, 5.74) is 1.22. The van der Waals surface area contributed by atoms with E-state index in [9.17, 15) is 9.59 Å². The highest BCUT2D eigenvalue weighted by Gasteiger charge is 2.31. The number of ether oxygens (including phenoxy) is 1. The first-order valence-corrected chi connectivity index (χ1v) is 8.18. The average molecular weight is 310 g/mol. The minimum absolute atomic E-state index is 0.0192. The molecule has 0 saturated carbocycles. The van der Waals surface area contributed by atoms with Gasteiger partial charge in [0.1, 0.15) is 6.04 Å². The van der Waals surface area contributed by atoms with Gasteiger partial charge in [0.25, 0.3) is 0 Å². The molecule has 1 aromatic rings. The second-order valence-electron chi connectivity index (χ2n) is 5.47. The van der Waals surface area contributed by atoms with Gasteiger partial charge in [-0.15, -0.1) is 11.3 Å². The number of nitrogens with one attached hydrogen (secondary N) is 1. The summed E-state index contributed by atoms with van der Waals surface area (Å²) < 4.78 is 4.88. The van der Waals surface area contributed by atoms with Crippen molar-refractivity contribution in [3.05, 3.63) is 21.9 Å². The number of nitrogens with zero attached hydrogens (tertiary/aromatic N) is 1. The van der Waals surface area contributed by atoms with Gasteiger partial charge in [-0.05, 0) is 36.3 Å². The van der Waals surface area contributed by atoms with E-state index in [4.69, 9.17) is 4.74 Å². The molecule has 1 atom stereocenters. The van der Waals surface area contributed by atoms with Crippen molar-refractivity contribution in [2.24, 2.45) is 5.92 Å². The van der Waals surface area contributed by atoms with Crippen molar-refractivity contribution in [1.29, 1.82) is 0 Å². The first-order valence-electron chi connectivity index (χ1n) is 7.30. The Morgan fingerprint density at radius 2 is 2.24 bits per heavy atom. The number of amides is 2. The van der Waals surface area contributed by atoms with Crippen molar-refractivity contribution < 1.29 is 14.3 Å². The highest BCUT2D eigenvalue weighted by atomic mass is 32.1. The predicted octanol–water partition coefficient (Wildman–Crippen LogP) is 2.40. The predicted molar refractivity (Wildman–Crippen MR) is 82.2 cm³/mol. The van der Waals surface area contributed by atoms with Gasteiger partial charge in [0.15, 0.2) is 0 Å². The van der Waals surface area contributed by atoms with E-state index in [1.807, 2.05) is 18.7 Å². The molecule has 0 aromatic carbocycles. The molecule has 6 heteroatoms. The lowest BCUT2D eigenvalue weighted by Crippen LogP contribution is -2.52. The summed E-state index contributed by atoms with van der Waals surface area (Å²) in [4.78, 5) is 27.5. The average Bonchev–Trinajstić information content (AvgIpc) is 2.91. The highest BCUT2D eigenvalue weighted by molar-refractivity contribution is 7.10. The van der Waals surface area contributed by atoms with Gasteiger partial charge in [-0.3, -0.25) is 4.79 Å². The Hall–Kier alpha value is -1.56. The number of fused-ring (bicyclic) bond motifs is 1. The molecule has 21 heavy (non-hydrogen) atoms. The standard InChI is InChI=1S/C15H22N2O3S/c1-4-20-15(19)16-13(10(2)3)14(18)17-7-5-12-11(9-17)6-8-21-12/h6,8,10,13H,4-5,7,9H2,1-3H3,(H,16,19). The van der Waals surface area contributed by atoms with Crippen molar-refractivity contribution in [3.63, 3.8) is 0 Å². The Labute approximate surface area is 129 Å². The molecular formula is C15H22N2O3S. The second kappa shape index (κ2) is 6.93. The quantitative estimate of drug-likeness (QED) is 0.929. The lowest BCUT2D eigenvalue weighted by molar-refractivity contribution is -0.135. The number of carbonyl (C=O) groups is 2. The second-order valence-corrected chi connectivity index (χ2v) is 6.47. The van der Waals surface area contributed by atoms with Gasteiger partial charge in [0.05, 0.1) is 6.61 Å². The van der Waals surface area contributed by atoms with Gasteiger partial charge in [-0.25, -0.2) is 4.79 Å². The molecule has 0 aliphatic carbocycles. The van der Waals surface area contributed by atoms with Crippen LogP contribution in [0.15, 0.2) is 11.4 Å². The lowest BCUT2D eigenvalue weighted by atomic mass is 10.0. The summed E-state index contributed by atoms with van der Waals surface area (Å²) in [5, 5.41) is 4.75. The Kier molecular flexibility index (Phi) is 5.22. The van der Waals surface area contributed by atoms with Crippen molar-refractivity contribution >= 4 is 23.3 Å². The van der Waals surface area contributed by atoms with Crippen molar-refractivity contribution in [2.75, 3.05) is 13.2 Å². The molecule has 1 unspecified atom stereocenters. The van der Waals surface area contributed by atoms with E-state index >= 15 is 0 Å². The molecule has 1 aliphatic rings. The van der Waals surface area contributed by atoms with Crippen molar-refractivity contribution in [1.82, 2.24) is 10.2 Å². The minimum Gasteiger partial charge on any atom is -0.450 e. The molecular weight excluding hydrogens is 288 g/mol. The molecule has 116 valence electrons. The molecule has 1 aliphatic heterocycles. The molecule has 0 spiro atoms. The molecule has 0 radical (unpaired) electrons. The normalized spacial score (nSPS) is 15.5. The third-order valence-corrected chi connectivity index (χ3v) is 4.62. The molecule has 0 saturated heterocycles. The fourth-order valence-electron chi connectivity index (χ4n) is 2.45. The van der Waals surface area contributed by atoms with Crippen LogP contribution in [0.4, 0.5) is 4.79 Å². The number of hydrogen-bond acceptors (Lipinski definition) is 4. The van der Waals surface area contributed by atoms with Gasteiger partial charge < -0.3 is 15.0 Å². The van der Waals surface area contributed by atoms with Crippen LogP contribution in [0.5, 0.6) is 0 Å². The fraction of sp³-hybridized carbons (Fsp3) is 0.600. The third kappa shape index (κ3) is 3.75. The Morgan fingerprint density at radius 1 is 1.48 bits per heavy atom. The minimum atomic E-state index is -0.538. The van der Waals surface area contributed by atoms with Crippen molar-refractivity contribution in [3.8, 4) is 0 Å². The Balaban J connectivity index is 2.04. The van der Waals surface area contributed by atoms with Crippen LogP contribution in [-0.2, 0) is 22.5 Å². The zero-order valence-electron chi connectivity index (χ0n) is 12.7. The van der Waals surface area contributed by atoms with E-state index in [1.165, 1.54) is 10.4 Å². The van der Waals surface area contributed by atoms with Gasteiger partial charge in [-0.1, -0.05) is 13.8 Å². The van der Waals surface area contributed by atoms with E-state index in [2.05, 4.69) is 16.8 Å². The number of carbonyl (C=O) groups excluding carboxylic acids is 2. The van der Waals surface area contributed by atoms with E-state index in [-0.39, 0.29) is 11.8 Å². The molecule has 5 nitrogen and oxygen atoms in total. The molecule has 2 heterocycles. The first-order chi connectivity index (χ1) is 10.0. The van der Waals surface area contributed by atoms with Crippen LogP contribution in [0.1, 0.15) is 31.2 Å². The number of hydrogen-bond donors (Lipinski definition) is 1. The number of rotatable bonds is 4. The number of thiophene rings is 1. The fourth-order valence-corrected chi connectivity index (χ4v) is 3.34. The third-order valence-electron chi connectivity index (χ3n) is 3.60. The monoisotopic (exact) mass is 310 g/mol. The summed E-state index contributed by atoms with van der Waals surface area (Å²) in [7, 11) is 0. The molecule has 2 amide bonds. The number of alkyl carbamates (subject to hydrolysis) is 1. The summed E-state index contributed by atoms with van der Waals surface area (Å²) in [6, 6.07) is 1.53. The maximum Gasteiger partial charge on any atom is 0.407 e. The maximum absolute atomic E-state index is 12.7. The molecule has 1 N–H and O–H groups in total. The molecule has 0 bridgehead atoms. The topological polar surface area (TPSA) is 58.6 Å². The largest absolute Gasteiger partial charge is 0.450 e. The van der Waals surface area contributed by atoms with Gasteiger partial charge >= 0.3 is 6.09 Å². The van der Waals surface area contributed by atoms with Crippen LogP contribution in [-0.4, -0.2) is 36.1 Å². The van der Waals surface area contributed by atoms with E-state index in [1.54, 1.807) is 18.3 Å². The van der Waals surface area contributed by atoms with Gasteiger partial charge in [0, 0.05) is 18.0 Å². The van der Waals surface area contributed by atoms with Gasteiger partial charge in [0.2, 0.25) is 5.91 Å². The van der Waals surface area contributed by atoms with E-state index < -0.39 is 12.1 Å². The van der Waals surface area contributed by atoms with E-state index in [0.717, 1.165) is 6.42 Å².